The second-order valence-corrected chi connectivity index (χ2v) is 5.50. The van der Waals surface area contributed by atoms with Crippen molar-refractivity contribution in [1.29, 1.82) is 0 Å². The molecule has 0 aliphatic heterocycles. The van der Waals surface area contributed by atoms with E-state index in [1.807, 2.05) is 18.2 Å². The van der Waals surface area contributed by atoms with Gasteiger partial charge in [-0.3, -0.25) is 0 Å². The summed E-state index contributed by atoms with van der Waals surface area (Å²) in [6.45, 7) is -0.223. The molecule has 4 nitrogen and oxygen atoms in total. The van der Waals surface area contributed by atoms with Crippen molar-refractivity contribution >= 4 is 23.4 Å². The Morgan fingerprint density at radius 2 is 2.05 bits per heavy atom. The van der Waals surface area contributed by atoms with Crippen molar-refractivity contribution in [3.8, 4) is 11.3 Å². The van der Waals surface area contributed by atoms with Crippen LogP contribution in [0.2, 0.25) is 5.02 Å². The van der Waals surface area contributed by atoms with Crippen LogP contribution in [0.4, 0.5) is 0 Å². The number of hydrogen-bond acceptors (Lipinski definition) is 5. The van der Waals surface area contributed by atoms with Crippen molar-refractivity contribution < 1.29 is 14.7 Å². The van der Waals surface area contributed by atoms with E-state index in [0.717, 1.165) is 17.0 Å². The fraction of sp³-hybridized carbons (Fsp3) is 0.308. The lowest BCUT2D eigenvalue weighted by Crippen LogP contribution is -2.14. The summed E-state index contributed by atoms with van der Waals surface area (Å²) < 4.78 is 5.22. The van der Waals surface area contributed by atoms with Crippen molar-refractivity contribution in [1.82, 2.24) is 5.16 Å². The van der Waals surface area contributed by atoms with E-state index in [2.05, 4.69) is 5.16 Å². The molecule has 0 fully saturated rings. The molecule has 0 aliphatic rings. The second-order valence-electron chi connectivity index (χ2n) is 4.04. The van der Waals surface area contributed by atoms with Gasteiger partial charge in [0.25, 0.3) is 0 Å². The lowest BCUT2D eigenvalue weighted by Gasteiger charge is -2.04. The van der Waals surface area contributed by atoms with Gasteiger partial charge in [0.1, 0.15) is 11.5 Å². The molecule has 1 heterocycles. The normalized spacial score (nSPS) is 12.6. The van der Waals surface area contributed by atoms with E-state index in [1.165, 1.54) is 11.8 Å². The van der Waals surface area contributed by atoms with E-state index in [0.29, 0.717) is 16.5 Å². The van der Waals surface area contributed by atoms with Gasteiger partial charge in [-0.2, -0.15) is 11.8 Å². The molecule has 1 atom stereocenters. The molecule has 0 unspecified atom stereocenters. The van der Waals surface area contributed by atoms with Crippen molar-refractivity contribution in [3.63, 3.8) is 0 Å². The first-order valence-electron chi connectivity index (χ1n) is 5.77. The zero-order valence-corrected chi connectivity index (χ0v) is 11.7. The van der Waals surface area contributed by atoms with E-state index in [1.54, 1.807) is 12.1 Å². The molecule has 102 valence electrons. The molecule has 0 amide bonds. The molecule has 1 aromatic carbocycles. The first kappa shape index (κ1) is 14.4. The van der Waals surface area contributed by atoms with E-state index in [4.69, 9.17) is 21.2 Å². The van der Waals surface area contributed by atoms with E-state index in [-0.39, 0.29) is 6.61 Å². The number of benzene rings is 1. The Morgan fingerprint density at radius 3 is 2.74 bits per heavy atom. The summed E-state index contributed by atoms with van der Waals surface area (Å²) in [7, 11) is 0. The Bertz CT molecular complexity index is 515. The fourth-order valence-corrected chi connectivity index (χ4v) is 2.44. The quantitative estimate of drug-likeness (QED) is 0.858. The number of nitrogens with zero attached hydrogens (tertiary/aromatic N) is 1. The molecule has 0 bridgehead atoms. The largest absolute Gasteiger partial charge is 0.394 e. The van der Waals surface area contributed by atoms with Crippen molar-refractivity contribution in [2.45, 2.75) is 11.9 Å². The highest BCUT2D eigenvalue weighted by molar-refractivity contribution is 7.98. The first-order valence-corrected chi connectivity index (χ1v) is 7.30. The minimum absolute atomic E-state index is 0.223. The van der Waals surface area contributed by atoms with Crippen molar-refractivity contribution in [2.75, 3.05) is 12.4 Å². The SMILES string of the molecule is OC[C@@H](O)CSCc1cc(-c2ccc(Cl)cc2)no1. The van der Waals surface area contributed by atoms with Gasteiger partial charge in [-0.1, -0.05) is 28.9 Å². The van der Waals surface area contributed by atoms with Crippen molar-refractivity contribution in [3.05, 3.63) is 41.1 Å². The fourth-order valence-electron chi connectivity index (χ4n) is 1.49. The number of thioether (sulfide) groups is 1. The lowest BCUT2D eigenvalue weighted by atomic mass is 10.1. The summed E-state index contributed by atoms with van der Waals surface area (Å²) in [5.41, 5.74) is 1.70. The molecule has 2 aromatic rings. The Labute approximate surface area is 120 Å². The van der Waals surface area contributed by atoms with E-state index < -0.39 is 6.10 Å². The van der Waals surface area contributed by atoms with E-state index in [9.17, 15) is 5.11 Å². The summed E-state index contributed by atoms with van der Waals surface area (Å²) in [5.74, 6) is 1.81. The van der Waals surface area contributed by atoms with Crippen LogP contribution < -0.4 is 0 Å². The monoisotopic (exact) mass is 299 g/mol. The van der Waals surface area contributed by atoms with Gasteiger partial charge in [-0.25, -0.2) is 0 Å². The molecule has 2 N–H and O–H groups in total. The van der Waals surface area contributed by atoms with Gasteiger partial charge in [-0.05, 0) is 12.1 Å². The molecule has 2 rings (SSSR count). The molecular weight excluding hydrogens is 286 g/mol. The van der Waals surface area contributed by atoms with Crippen LogP contribution in [0.15, 0.2) is 34.9 Å². The summed E-state index contributed by atoms with van der Waals surface area (Å²) in [6.07, 6.45) is -0.691. The number of aromatic nitrogens is 1. The minimum Gasteiger partial charge on any atom is -0.394 e. The van der Waals surface area contributed by atoms with Gasteiger partial charge in [0.2, 0.25) is 0 Å². The average molecular weight is 300 g/mol. The van der Waals surface area contributed by atoms with Gasteiger partial charge in [0.15, 0.2) is 0 Å². The highest BCUT2D eigenvalue weighted by atomic mass is 35.5. The van der Waals surface area contributed by atoms with Crippen LogP contribution in [0.1, 0.15) is 5.76 Å². The van der Waals surface area contributed by atoms with Crippen LogP contribution in [0, 0.1) is 0 Å². The summed E-state index contributed by atoms with van der Waals surface area (Å²) in [4.78, 5) is 0. The highest BCUT2D eigenvalue weighted by Gasteiger charge is 2.08. The van der Waals surface area contributed by atoms with Gasteiger partial charge in [0, 0.05) is 22.4 Å². The molecule has 0 spiro atoms. The predicted molar refractivity (Wildman–Crippen MR) is 76.2 cm³/mol. The highest BCUT2D eigenvalue weighted by Crippen LogP contribution is 2.23. The van der Waals surface area contributed by atoms with Crippen LogP contribution in [-0.4, -0.2) is 33.8 Å². The molecule has 0 saturated heterocycles. The lowest BCUT2D eigenvalue weighted by molar-refractivity contribution is 0.113. The number of hydrogen-bond donors (Lipinski definition) is 2. The number of rotatable bonds is 6. The molecule has 0 aliphatic carbocycles. The van der Waals surface area contributed by atoms with Crippen LogP contribution in [0.3, 0.4) is 0 Å². The van der Waals surface area contributed by atoms with Gasteiger partial charge < -0.3 is 14.7 Å². The summed E-state index contributed by atoms with van der Waals surface area (Å²) >= 11 is 7.31. The van der Waals surface area contributed by atoms with Gasteiger partial charge in [0.05, 0.1) is 18.5 Å². The predicted octanol–water partition coefficient (Wildman–Crippen LogP) is 2.58. The van der Waals surface area contributed by atoms with Crippen LogP contribution in [0.25, 0.3) is 11.3 Å². The molecule has 19 heavy (non-hydrogen) atoms. The molecular formula is C13H14ClNO3S. The van der Waals surface area contributed by atoms with Gasteiger partial charge in [-0.15, -0.1) is 0 Å². The molecule has 0 saturated carbocycles. The standard InChI is InChI=1S/C13H14ClNO3S/c14-10-3-1-9(2-4-10)13-5-12(18-15-13)8-19-7-11(17)6-16/h1-5,11,16-17H,6-8H2/t11-/m1/s1. The van der Waals surface area contributed by atoms with Crippen molar-refractivity contribution in [2.24, 2.45) is 0 Å². The molecule has 6 heteroatoms. The van der Waals surface area contributed by atoms with E-state index >= 15 is 0 Å². The zero-order valence-electron chi connectivity index (χ0n) is 10.1. The zero-order chi connectivity index (χ0) is 13.7. The van der Waals surface area contributed by atoms with Crippen LogP contribution >= 0.6 is 23.4 Å². The molecule has 0 radical (unpaired) electrons. The second kappa shape index (κ2) is 6.96. The van der Waals surface area contributed by atoms with Gasteiger partial charge >= 0.3 is 0 Å². The number of aliphatic hydroxyl groups is 2. The number of halogens is 1. The summed E-state index contributed by atoms with van der Waals surface area (Å²) in [5, 5.41) is 22.6. The Morgan fingerprint density at radius 1 is 1.32 bits per heavy atom. The summed E-state index contributed by atoms with van der Waals surface area (Å²) in [6, 6.07) is 9.23. The molecule has 1 aromatic heterocycles. The Hall–Kier alpha value is -1.01. The smallest absolute Gasteiger partial charge is 0.147 e. The third kappa shape index (κ3) is 4.24. The third-order valence-electron chi connectivity index (χ3n) is 2.46. The maximum Gasteiger partial charge on any atom is 0.147 e. The minimum atomic E-state index is -0.691. The first-order chi connectivity index (χ1) is 9.19. The Balaban J connectivity index is 1.93. The maximum atomic E-state index is 9.22. The topological polar surface area (TPSA) is 66.5 Å². The average Bonchev–Trinajstić information content (AvgIpc) is 2.88. The Kier molecular flexibility index (Phi) is 5.27. The van der Waals surface area contributed by atoms with Crippen LogP contribution in [-0.2, 0) is 5.75 Å². The number of aliphatic hydroxyl groups excluding tert-OH is 2. The maximum absolute atomic E-state index is 9.22. The van der Waals surface area contributed by atoms with Crippen LogP contribution in [0.5, 0.6) is 0 Å². The third-order valence-corrected chi connectivity index (χ3v) is 3.83.